The summed E-state index contributed by atoms with van der Waals surface area (Å²) in [7, 11) is 0. The number of anilines is 1. The minimum Gasteiger partial charge on any atom is -0.396 e. The number of nitrogens with one attached hydrogen (secondary N) is 1. The number of rotatable bonds is 6. The highest BCUT2D eigenvalue weighted by atomic mass is 16.2. The first-order chi connectivity index (χ1) is 8.07. The fraction of sp³-hybridized carbons (Fsp3) is 0.583. The maximum Gasteiger partial charge on any atom is 0.158 e. The molecule has 0 saturated heterocycles. The van der Waals surface area contributed by atoms with E-state index < -0.39 is 0 Å². The van der Waals surface area contributed by atoms with Gasteiger partial charge in [-0.1, -0.05) is 13.8 Å². The summed E-state index contributed by atoms with van der Waals surface area (Å²) in [6.07, 6.45) is 4.75. The van der Waals surface area contributed by atoms with Crippen molar-refractivity contribution in [3.05, 3.63) is 18.1 Å². The van der Waals surface area contributed by atoms with Crippen molar-refractivity contribution < 1.29 is 5.11 Å². The number of nitriles is 1. The predicted octanol–water partition coefficient (Wildman–Crippen LogP) is 1.56. The Kier molecular flexibility index (Phi) is 4.85. The van der Waals surface area contributed by atoms with Gasteiger partial charge in [-0.3, -0.25) is 0 Å². The molecule has 0 spiro atoms. The van der Waals surface area contributed by atoms with Crippen molar-refractivity contribution in [3.63, 3.8) is 0 Å². The van der Waals surface area contributed by atoms with E-state index in [0.29, 0.717) is 11.5 Å². The summed E-state index contributed by atoms with van der Waals surface area (Å²) >= 11 is 0. The second-order valence-corrected chi connectivity index (χ2v) is 4.74. The van der Waals surface area contributed by atoms with Crippen molar-refractivity contribution in [1.82, 2.24) is 9.97 Å². The molecule has 2 N–H and O–H groups in total. The van der Waals surface area contributed by atoms with Gasteiger partial charge in [-0.25, -0.2) is 9.97 Å². The number of aliphatic hydroxyl groups is 1. The monoisotopic (exact) mass is 234 g/mol. The molecule has 5 nitrogen and oxygen atoms in total. The topological polar surface area (TPSA) is 81.8 Å². The van der Waals surface area contributed by atoms with E-state index in [1.54, 1.807) is 6.20 Å². The Hall–Kier alpha value is -1.67. The zero-order valence-electron chi connectivity index (χ0n) is 10.3. The first kappa shape index (κ1) is 13.4. The quantitative estimate of drug-likeness (QED) is 0.780. The Morgan fingerprint density at radius 1 is 1.41 bits per heavy atom. The highest BCUT2D eigenvalue weighted by molar-refractivity contribution is 5.33. The van der Waals surface area contributed by atoms with E-state index in [4.69, 9.17) is 10.4 Å². The zero-order valence-corrected chi connectivity index (χ0v) is 10.3. The summed E-state index contributed by atoms with van der Waals surface area (Å²) in [5.41, 5.74) is 0.410. The maximum absolute atomic E-state index is 8.80. The Morgan fingerprint density at radius 2 is 2.18 bits per heavy atom. The summed E-state index contributed by atoms with van der Waals surface area (Å²) in [5.74, 6) is 0.668. The Bertz CT molecular complexity index is 380. The summed E-state index contributed by atoms with van der Waals surface area (Å²) < 4.78 is 0. The average Bonchev–Trinajstić information content (AvgIpc) is 2.35. The molecule has 0 bridgehead atoms. The van der Waals surface area contributed by atoms with Crippen LogP contribution in [0.25, 0.3) is 0 Å². The van der Waals surface area contributed by atoms with Crippen molar-refractivity contribution in [1.29, 1.82) is 5.26 Å². The van der Waals surface area contributed by atoms with Gasteiger partial charge < -0.3 is 10.4 Å². The smallest absolute Gasteiger partial charge is 0.158 e. The molecule has 5 heteroatoms. The lowest BCUT2D eigenvalue weighted by Gasteiger charge is -2.24. The van der Waals surface area contributed by atoms with Gasteiger partial charge in [0.15, 0.2) is 5.69 Å². The summed E-state index contributed by atoms with van der Waals surface area (Å²) in [6, 6.07) is 1.93. The molecule has 0 saturated carbocycles. The molecule has 0 aliphatic carbocycles. The van der Waals surface area contributed by atoms with Gasteiger partial charge in [-0.2, -0.15) is 5.26 Å². The molecular weight excluding hydrogens is 216 g/mol. The fourth-order valence-corrected chi connectivity index (χ4v) is 1.45. The van der Waals surface area contributed by atoms with Crippen LogP contribution < -0.4 is 5.32 Å². The third-order valence-corrected chi connectivity index (χ3v) is 2.53. The Morgan fingerprint density at radius 3 is 2.71 bits per heavy atom. The van der Waals surface area contributed by atoms with Gasteiger partial charge in [0, 0.05) is 13.2 Å². The van der Waals surface area contributed by atoms with Crippen LogP contribution in [-0.2, 0) is 0 Å². The highest BCUT2D eigenvalue weighted by Crippen LogP contribution is 2.22. The second kappa shape index (κ2) is 6.16. The second-order valence-electron chi connectivity index (χ2n) is 4.74. The summed E-state index contributed by atoms with van der Waals surface area (Å²) in [6.45, 7) is 5.24. The van der Waals surface area contributed by atoms with Crippen molar-refractivity contribution in [2.24, 2.45) is 5.41 Å². The molecule has 0 atom stereocenters. The first-order valence-electron chi connectivity index (χ1n) is 5.64. The van der Waals surface area contributed by atoms with Crippen LogP contribution in [0.5, 0.6) is 0 Å². The number of aromatic nitrogens is 2. The number of hydrogen-bond acceptors (Lipinski definition) is 5. The van der Waals surface area contributed by atoms with Crippen molar-refractivity contribution in [2.75, 3.05) is 18.5 Å². The molecule has 0 aromatic carbocycles. The van der Waals surface area contributed by atoms with Gasteiger partial charge in [0.1, 0.15) is 11.9 Å². The van der Waals surface area contributed by atoms with Crippen molar-refractivity contribution in [3.8, 4) is 6.07 Å². The van der Waals surface area contributed by atoms with Crippen LogP contribution in [0.3, 0.4) is 0 Å². The summed E-state index contributed by atoms with van der Waals surface area (Å²) in [5, 5.41) is 20.6. The normalized spacial score (nSPS) is 10.9. The molecular formula is C12H18N4O. The van der Waals surface area contributed by atoms with E-state index in [2.05, 4.69) is 29.1 Å². The molecule has 1 aromatic heterocycles. The lowest BCUT2D eigenvalue weighted by atomic mass is 9.88. The lowest BCUT2D eigenvalue weighted by molar-refractivity contribution is 0.248. The predicted molar refractivity (Wildman–Crippen MR) is 65.3 cm³/mol. The molecule has 0 fully saturated rings. The van der Waals surface area contributed by atoms with Gasteiger partial charge in [-0.05, 0) is 18.3 Å². The average molecular weight is 234 g/mol. The van der Waals surface area contributed by atoms with Crippen LogP contribution >= 0.6 is 0 Å². The van der Waals surface area contributed by atoms with Crippen LogP contribution in [0, 0.1) is 16.7 Å². The Labute approximate surface area is 102 Å². The van der Waals surface area contributed by atoms with E-state index in [1.807, 2.05) is 6.07 Å². The molecule has 1 heterocycles. The largest absolute Gasteiger partial charge is 0.396 e. The molecule has 0 amide bonds. The first-order valence-corrected chi connectivity index (χ1v) is 5.64. The van der Waals surface area contributed by atoms with Gasteiger partial charge >= 0.3 is 0 Å². The molecule has 0 aliphatic heterocycles. The van der Waals surface area contributed by atoms with E-state index in [-0.39, 0.29) is 12.0 Å². The number of hydrogen-bond donors (Lipinski definition) is 2. The molecule has 17 heavy (non-hydrogen) atoms. The van der Waals surface area contributed by atoms with Crippen LogP contribution in [0.4, 0.5) is 5.82 Å². The molecule has 92 valence electrons. The molecule has 1 rings (SSSR count). The zero-order chi connectivity index (χ0) is 12.7. The molecule has 1 aromatic rings. The van der Waals surface area contributed by atoms with Crippen LogP contribution in [-0.4, -0.2) is 28.2 Å². The van der Waals surface area contributed by atoms with E-state index >= 15 is 0 Å². The van der Waals surface area contributed by atoms with Gasteiger partial charge in [0.05, 0.1) is 12.4 Å². The van der Waals surface area contributed by atoms with Crippen LogP contribution in [0.1, 0.15) is 32.4 Å². The SMILES string of the molecule is CC(C)(CCCO)CNc1cnc(C#N)cn1. The van der Waals surface area contributed by atoms with E-state index in [9.17, 15) is 0 Å². The number of aliphatic hydroxyl groups excluding tert-OH is 1. The Balaban J connectivity index is 2.46. The minimum atomic E-state index is 0.0955. The van der Waals surface area contributed by atoms with Gasteiger partial charge in [0.25, 0.3) is 0 Å². The maximum atomic E-state index is 8.80. The highest BCUT2D eigenvalue weighted by Gasteiger charge is 2.17. The lowest BCUT2D eigenvalue weighted by Crippen LogP contribution is -2.23. The van der Waals surface area contributed by atoms with Gasteiger partial charge in [0.2, 0.25) is 0 Å². The van der Waals surface area contributed by atoms with Crippen molar-refractivity contribution in [2.45, 2.75) is 26.7 Å². The minimum absolute atomic E-state index is 0.0955. The standard InChI is InChI=1S/C12H18N4O/c1-12(2,4-3-5-17)9-16-11-8-14-10(6-13)7-15-11/h7-8,17H,3-5,9H2,1-2H3,(H,15,16). The van der Waals surface area contributed by atoms with E-state index in [0.717, 1.165) is 19.4 Å². The molecule has 0 unspecified atom stereocenters. The van der Waals surface area contributed by atoms with Crippen LogP contribution in [0.15, 0.2) is 12.4 Å². The third kappa shape index (κ3) is 4.79. The fourth-order valence-electron chi connectivity index (χ4n) is 1.45. The molecule has 0 aliphatic rings. The third-order valence-electron chi connectivity index (χ3n) is 2.53. The van der Waals surface area contributed by atoms with Crippen LogP contribution in [0.2, 0.25) is 0 Å². The number of nitrogens with zero attached hydrogens (tertiary/aromatic N) is 3. The van der Waals surface area contributed by atoms with E-state index in [1.165, 1.54) is 6.20 Å². The van der Waals surface area contributed by atoms with Gasteiger partial charge in [-0.15, -0.1) is 0 Å². The van der Waals surface area contributed by atoms with Crippen molar-refractivity contribution >= 4 is 5.82 Å². The summed E-state index contributed by atoms with van der Waals surface area (Å²) in [4.78, 5) is 8.02. The molecule has 0 radical (unpaired) electrons.